The average Bonchev–Trinajstić information content (AvgIpc) is 2.86. The molecular weight excluding hydrogens is 317 g/mol. The number of hydrogen-bond acceptors (Lipinski definition) is 4. The molecule has 1 aromatic heterocycles. The van der Waals surface area contributed by atoms with Gasteiger partial charge in [-0.1, -0.05) is 12.1 Å². The van der Waals surface area contributed by atoms with Gasteiger partial charge < -0.3 is 10.1 Å². The number of fused-ring (bicyclic) bond motifs is 1. The molecule has 120 valence electrons. The SMILES string of the molecule is C[C@H](OCC(F)(F)F)C(=O)NCCc1nc2ccccc2s1. The topological polar surface area (TPSA) is 51.2 Å². The molecule has 4 nitrogen and oxygen atoms in total. The van der Waals surface area contributed by atoms with Crippen LogP contribution in [-0.4, -0.2) is 36.3 Å². The van der Waals surface area contributed by atoms with Crippen LogP contribution in [-0.2, 0) is 16.0 Å². The zero-order chi connectivity index (χ0) is 16.2. The maximum atomic E-state index is 12.0. The van der Waals surface area contributed by atoms with E-state index in [1.54, 1.807) is 0 Å². The van der Waals surface area contributed by atoms with E-state index in [9.17, 15) is 18.0 Å². The highest BCUT2D eigenvalue weighted by Gasteiger charge is 2.29. The summed E-state index contributed by atoms with van der Waals surface area (Å²) in [6, 6.07) is 7.68. The third-order valence-corrected chi connectivity index (χ3v) is 3.94. The number of hydrogen-bond donors (Lipinski definition) is 1. The summed E-state index contributed by atoms with van der Waals surface area (Å²) in [5.41, 5.74) is 0.899. The number of para-hydroxylation sites is 1. The van der Waals surface area contributed by atoms with Crippen molar-refractivity contribution in [1.82, 2.24) is 10.3 Å². The molecule has 0 saturated carbocycles. The number of rotatable bonds is 6. The molecular formula is C14H15F3N2O2S. The highest BCUT2D eigenvalue weighted by atomic mass is 32.1. The highest BCUT2D eigenvalue weighted by Crippen LogP contribution is 2.21. The van der Waals surface area contributed by atoms with E-state index < -0.39 is 24.8 Å². The van der Waals surface area contributed by atoms with E-state index in [1.165, 1.54) is 18.3 Å². The minimum atomic E-state index is -4.43. The van der Waals surface area contributed by atoms with Crippen LogP contribution >= 0.6 is 11.3 Å². The molecule has 0 aliphatic heterocycles. The number of thiazole rings is 1. The van der Waals surface area contributed by atoms with Crippen LogP contribution in [0.15, 0.2) is 24.3 Å². The predicted molar refractivity (Wildman–Crippen MR) is 77.8 cm³/mol. The standard InChI is InChI=1S/C14H15F3N2O2S/c1-9(21-8-14(15,16)17)13(20)18-7-6-12-19-10-4-2-3-5-11(10)22-12/h2-5,9H,6-8H2,1H3,(H,18,20)/t9-/m0/s1. The molecule has 0 radical (unpaired) electrons. The molecule has 0 unspecified atom stereocenters. The van der Waals surface area contributed by atoms with Crippen molar-refractivity contribution in [1.29, 1.82) is 0 Å². The van der Waals surface area contributed by atoms with Gasteiger partial charge in [0.1, 0.15) is 12.7 Å². The van der Waals surface area contributed by atoms with Crippen molar-refractivity contribution in [3.05, 3.63) is 29.3 Å². The molecule has 0 saturated heterocycles. The molecule has 0 bridgehead atoms. The number of carbonyl (C=O) groups excluding carboxylic acids is 1. The van der Waals surface area contributed by atoms with E-state index in [0.717, 1.165) is 15.2 Å². The summed E-state index contributed by atoms with van der Waals surface area (Å²) in [6.07, 6.45) is -5.05. The lowest BCUT2D eigenvalue weighted by Crippen LogP contribution is -2.37. The van der Waals surface area contributed by atoms with Gasteiger partial charge in [0, 0.05) is 13.0 Å². The zero-order valence-electron chi connectivity index (χ0n) is 11.8. The zero-order valence-corrected chi connectivity index (χ0v) is 12.6. The van der Waals surface area contributed by atoms with Crippen molar-refractivity contribution in [2.24, 2.45) is 0 Å². The first kappa shape index (κ1) is 16.7. The number of nitrogens with one attached hydrogen (secondary N) is 1. The normalized spacial score (nSPS) is 13.3. The molecule has 2 rings (SSSR count). The first-order chi connectivity index (χ1) is 10.3. The van der Waals surface area contributed by atoms with Gasteiger partial charge in [0.2, 0.25) is 5.91 Å². The van der Waals surface area contributed by atoms with Gasteiger partial charge in [-0.3, -0.25) is 4.79 Å². The highest BCUT2D eigenvalue weighted by molar-refractivity contribution is 7.18. The van der Waals surface area contributed by atoms with Gasteiger partial charge in [-0.25, -0.2) is 4.98 Å². The number of benzene rings is 1. The van der Waals surface area contributed by atoms with Crippen LogP contribution in [0.25, 0.3) is 10.2 Å². The molecule has 1 heterocycles. The number of carbonyl (C=O) groups is 1. The Balaban J connectivity index is 1.76. The first-order valence-corrected chi connectivity index (χ1v) is 7.47. The van der Waals surface area contributed by atoms with Gasteiger partial charge in [-0.2, -0.15) is 13.2 Å². The van der Waals surface area contributed by atoms with Crippen LogP contribution in [0, 0.1) is 0 Å². The lowest BCUT2D eigenvalue weighted by atomic mass is 10.3. The smallest absolute Gasteiger partial charge is 0.359 e. The molecule has 1 N–H and O–H groups in total. The number of aromatic nitrogens is 1. The molecule has 2 aromatic rings. The lowest BCUT2D eigenvalue weighted by molar-refractivity contribution is -0.185. The summed E-state index contributed by atoms with van der Waals surface area (Å²) in [5.74, 6) is -0.564. The Morgan fingerprint density at radius 3 is 2.82 bits per heavy atom. The largest absolute Gasteiger partial charge is 0.411 e. The lowest BCUT2D eigenvalue weighted by Gasteiger charge is -2.14. The minimum absolute atomic E-state index is 0.304. The second-order valence-electron chi connectivity index (χ2n) is 4.68. The maximum Gasteiger partial charge on any atom is 0.411 e. The van der Waals surface area contributed by atoms with Crippen molar-refractivity contribution in [2.45, 2.75) is 25.6 Å². The van der Waals surface area contributed by atoms with Crippen molar-refractivity contribution >= 4 is 27.5 Å². The fourth-order valence-corrected chi connectivity index (χ4v) is 2.73. The number of halogens is 3. The van der Waals surface area contributed by atoms with Crippen LogP contribution in [0.2, 0.25) is 0 Å². The van der Waals surface area contributed by atoms with Crippen LogP contribution in [0.3, 0.4) is 0 Å². The summed E-state index contributed by atoms with van der Waals surface area (Å²) >= 11 is 1.53. The van der Waals surface area contributed by atoms with E-state index in [4.69, 9.17) is 0 Å². The molecule has 1 aromatic carbocycles. The molecule has 0 aliphatic rings. The molecule has 0 fully saturated rings. The van der Waals surface area contributed by atoms with E-state index in [1.807, 2.05) is 24.3 Å². The molecule has 0 spiro atoms. The van der Waals surface area contributed by atoms with Gasteiger partial charge in [0.05, 0.1) is 15.2 Å². The molecule has 1 atom stereocenters. The Morgan fingerprint density at radius 1 is 1.41 bits per heavy atom. The van der Waals surface area contributed by atoms with Crippen molar-refractivity contribution in [2.75, 3.05) is 13.2 Å². The quantitative estimate of drug-likeness (QED) is 0.885. The van der Waals surface area contributed by atoms with Gasteiger partial charge in [-0.05, 0) is 19.1 Å². The van der Waals surface area contributed by atoms with Gasteiger partial charge in [-0.15, -0.1) is 11.3 Å². The van der Waals surface area contributed by atoms with Crippen molar-refractivity contribution < 1.29 is 22.7 Å². The second kappa shape index (κ2) is 7.06. The van der Waals surface area contributed by atoms with Crippen molar-refractivity contribution in [3.8, 4) is 0 Å². The third kappa shape index (κ3) is 4.96. The molecule has 22 heavy (non-hydrogen) atoms. The number of nitrogens with zero attached hydrogens (tertiary/aromatic N) is 1. The molecule has 1 amide bonds. The van der Waals surface area contributed by atoms with Crippen LogP contribution in [0.4, 0.5) is 13.2 Å². The van der Waals surface area contributed by atoms with Gasteiger partial charge >= 0.3 is 6.18 Å². The fourth-order valence-electron chi connectivity index (χ4n) is 1.76. The summed E-state index contributed by atoms with van der Waals surface area (Å²) in [5, 5.41) is 3.41. The first-order valence-electron chi connectivity index (χ1n) is 6.65. The Morgan fingerprint density at radius 2 is 2.14 bits per heavy atom. The minimum Gasteiger partial charge on any atom is -0.359 e. The maximum absolute atomic E-state index is 12.0. The number of amides is 1. The van der Waals surface area contributed by atoms with E-state index in [0.29, 0.717) is 13.0 Å². The van der Waals surface area contributed by atoms with Gasteiger partial charge in [0.15, 0.2) is 0 Å². The van der Waals surface area contributed by atoms with Crippen LogP contribution < -0.4 is 5.32 Å². The van der Waals surface area contributed by atoms with Crippen LogP contribution in [0.5, 0.6) is 0 Å². The predicted octanol–water partition coefficient (Wildman–Crippen LogP) is 2.92. The monoisotopic (exact) mass is 332 g/mol. The summed E-state index contributed by atoms with van der Waals surface area (Å²) in [6.45, 7) is 0.163. The number of ether oxygens (including phenoxy) is 1. The summed E-state index contributed by atoms with van der Waals surface area (Å²) in [7, 11) is 0. The van der Waals surface area contributed by atoms with Crippen molar-refractivity contribution in [3.63, 3.8) is 0 Å². The Bertz CT molecular complexity index is 609. The van der Waals surface area contributed by atoms with Gasteiger partial charge in [0.25, 0.3) is 0 Å². The summed E-state index contributed by atoms with van der Waals surface area (Å²) < 4.78 is 41.5. The molecule has 8 heteroatoms. The van der Waals surface area contributed by atoms with E-state index >= 15 is 0 Å². The fraction of sp³-hybridized carbons (Fsp3) is 0.429. The Kier molecular flexibility index (Phi) is 5.36. The second-order valence-corrected chi connectivity index (χ2v) is 5.80. The van der Waals surface area contributed by atoms with E-state index in [2.05, 4.69) is 15.0 Å². The Hall–Kier alpha value is -1.67. The Labute approximate surface area is 129 Å². The van der Waals surface area contributed by atoms with E-state index in [-0.39, 0.29) is 0 Å². The van der Waals surface area contributed by atoms with Crippen LogP contribution in [0.1, 0.15) is 11.9 Å². The number of alkyl halides is 3. The average molecular weight is 332 g/mol. The summed E-state index contributed by atoms with van der Waals surface area (Å²) in [4.78, 5) is 16.0. The molecule has 0 aliphatic carbocycles. The third-order valence-electron chi connectivity index (χ3n) is 2.84.